The van der Waals surface area contributed by atoms with E-state index in [0.29, 0.717) is 32.2 Å². The van der Waals surface area contributed by atoms with Crippen LogP contribution in [0.15, 0.2) is 12.2 Å². The molecule has 2 amide bonds. The second-order valence-corrected chi connectivity index (χ2v) is 5.23. The highest BCUT2D eigenvalue weighted by atomic mass is 16.5. The van der Waals surface area contributed by atoms with Crippen molar-refractivity contribution in [1.82, 2.24) is 10.2 Å². The molecule has 0 saturated carbocycles. The van der Waals surface area contributed by atoms with Gasteiger partial charge in [-0.3, -0.25) is 0 Å². The minimum Gasteiger partial charge on any atom is -0.382 e. The first-order valence-electron chi connectivity index (χ1n) is 7.08. The zero-order valence-electron chi connectivity index (χ0n) is 11.6. The van der Waals surface area contributed by atoms with Gasteiger partial charge in [0.2, 0.25) is 0 Å². The van der Waals surface area contributed by atoms with Crippen molar-refractivity contribution in [1.29, 1.82) is 0 Å². The SMILES string of the molecule is COC[C@@H]1CN(C(=O)NC[C@@H]2CC=CCC2)CCO1. The lowest BCUT2D eigenvalue weighted by Gasteiger charge is -2.33. The zero-order chi connectivity index (χ0) is 13.5. The summed E-state index contributed by atoms with van der Waals surface area (Å²) in [7, 11) is 1.65. The summed E-state index contributed by atoms with van der Waals surface area (Å²) in [6, 6.07) is 0.0268. The van der Waals surface area contributed by atoms with Crippen LogP contribution < -0.4 is 5.32 Å². The number of methoxy groups -OCH3 is 1. The summed E-state index contributed by atoms with van der Waals surface area (Å²) >= 11 is 0. The van der Waals surface area contributed by atoms with Crippen molar-refractivity contribution in [3.8, 4) is 0 Å². The molecule has 1 aliphatic carbocycles. The van der Waals surface area contributed by atoms with Gasteiger partial charge in [0.25, 0.3) is 0 Å². The molecular weight excluding hydrogens is 244 g/mol. The molecule has 0 bridgehead atoms. The molecule has 5 nitrogen and oxygen atoms in total. The maximum atomic E-state index is 12.1. The number of urea groups is 1. The third kappa shape index (κ3) is 4.51. The molecule has 2 rings (SSSR count). The fourth-order valence-electron chi connectivity index (χ4n) is 2.58. The Balaban J connectivity index is 1.71. The fourth-order valence-corrected chi connectivity index (χ4v) is 2.58. The van der Waals surface area contributed by atoms with Crippen molar-refractivity contribution in [3.63, 3.8) is 0 Å². The number of carbonyl (C=O) groups is 1. The molecule has 2 atom stereocenters. The van der Waals surface area contributed by atoms with Crippen LogP contribution in [0.4, 0.5) is 4.79 Å². The predicted molar refractivity (Wildman–Crippen MR) is 73.1 cm³/mol. The Morgan fingerprint density at radius 2 is 2.42 bits per heavy atom. The molecule has 1 saturated heterocycles. The number of nitrogens with zero attached hydrogens (tertiary/aromatic N) is 1. The van der Waals surface area contributed by atoms with Gasteiger partial charge in [-0.25, -0.2) is 4.79 Å². The number of amides is 2. The van der Waals surface area contributed by atoms with Gasteiger partial charge >= 0.3 is 6.03 Å². The lowest BCUT2D eigenvalue weighted by atomic mass is 9.94. The topological polar surface area (TPSA) is 50.8 Å². The van der Waals surface area contributed by atoms with Crippen LogP contribution in [0.2, 0.25) is 0 Å². The van der Waals surface area contributed by atoms with Gasteiger partial charge in [-0.1, -0.05) is 12.2 Å². The molecule has 0 aromatic carbocycles. The molecule has 0 aromatic heterocycles. The Labute approximate surface area is 114 Å². The average molecular weight is 268 g/mol. The summed E-state index contributed by atoms with van der Waals surface area (Å²) in [6.07, 6.45) is 7.82. The molecule has 0 radical (unpaired) electrons. The highest BCUT2D eigenvalue weighted by Crippen LogP contribution is 2.17. The van der Waals surface area contributed by atoms with Gasteiger partial charge in [0.1, 0.15) is 0 Å². The number of rotatable bonds is 4. The number of carbonyl (C=O) groups excluding carboxylic acids is 1. The monoisotopic (exact) mass is 268 g/mol. The molecule has 1 fully saturated rings. The number of ether oxygens (including phenoxy) is 2. The predicted octanol–water partition coefficient (Wildman–Crippen LogP) is 1.40. The van der Waals surface area contributed by atoms with Gasteiger partial charge in [0.05, 0.1) is 25.9 Å². The lowest BCUT2D eigenvalue weighted by Crippen LogP contribution is -2.51. The van der Waals surface area contributed by atoms with Crippen molar-refractivity contribution < 1.29 is 14.3 Å². The highest BCUT2D eigenvalue weighted by molar-refractivity contribution is 5.74. The van der Waals surface area contributed by atoms with E-state index in [1.807, 2.05) is 4.90 Å². The van der Waals surface area contributed by atoms with Gasteiger partial charge in [-0.05, 0) is 25.2 Å². The summed E-state index contributed by atoms with van der Waals surface area (Å²) in [5.74, 6) is 0.588. The number of allylic oxidation sites excluding steroid dienone is 2. The minimum absolute atomic E-state index is 0.00196. The maximum absolute atomic E-state index is 12.1. The van der Waals surface area contributed by atoms with Crippen LogP contribution in [0.1, 0.15) is 19.3 Å². The van der Waals surface area contributed by atoms with Crippen molar-refractivity contribution in [2.24, 2.45) is 5.92 Å². The Kier molecular flexibility index (Phi) is 5.66. The third-order valence-corrected chi connectivity index (χ3v) is 3.70. The second kappa shape index (κ2) is 7.50. The molecule has 0 unspecified atom stereocenters. The Morgan fingerprint density at radius 3 is 3.16 bits per heavy atom. The van der Waals surface area contributed by atoms with E-state index in [9.17, 15) is 4.79 Å². The van der Waals surface area contributed by atoms with Gasteiger partial charge < -0.3 is 19.7 Å². The molecule has 2 aliphatic rings. The average Bonchev–Trinajstić information content (AvgIpc) is 2.46. The van der Waals surface area contributed by atoms with Crippen LogP contribution >= 0.6 is 0 Å². The number of hydrogen-bond donors (Lipinski definition) is 1. The van der Waals surface area contributed by atoms with Gasteiger partial charge in [0.15, 0.2) is 0 Å². The molecule has 0 spiro atoms. The Hall–Kier alpha value is -1.07. The maximum Gasteiger partial charge on any atom is 0.317 e. The number of nitrogens with one attached hydrogen (secondary N) is 1. The summed E-state index contributed by atoms with van der Waals surface area (Å²) in [6.45, 7) is 3.18. The Bertz CT molecular complexity index is 318. The van der Waals surface area contributed by atoms with Crippen LogP contribution in [-0.4, -0.2) is 57.0 Å². The third-order valence-electron chi connectivity index (χ3n) is 3.70. The van der Waals surface area contributed by atoms with Crippen LogP contribution in [0.5, 0.6) is 0 Å². The van der Waals surface area contributed by atoms with Crippen molar-refractivity contribution in [3.05, 3.63) is 12.2 Å². The zero-order valence-corrected chi connectivity index (χ0v) is 11.6. The van der Waals surface area contributed by atoms with E-state index in [2.05, 4.69) is 17.5 Å². The van der Waals surface area contributed by atoms with E-state index >= 15 is 0 Å². The van der Waals surface area contributed by atoms with Crippen molar-refractivity contribution >= 4 is 6.03 Å². The highest BCUT2D eigenvalue weighted by Gasteiger charge is 2.24. The van der Waals surface area contributed by atoms with E-state index in [0.717, 1.165) is 19.4 Å². The molecule has 1 aliphatic heterocycles. The number of hydrogen-bond acceptors (Lipinski definition) is 3. The van der Waals surface area contributed by atoms with Gasteiger partial charge in [-0.15, -0.1) is 0 Å². The molecule has 5 heteroatoms. The second-order valence-electron chi connectivity index (χ2n) is 5.23. The summed E-state index contributed by atoms with van der Waals surface area (Å²) in [4.78, 5) is 13.9. The molecule has 108 valence electrons. The quantitative estimate of drug-likeness (QED) is 0.784. The van der Waals surface area contributed by atoms with E-state index < -0.39 is 0 Å². The van der Waals surface area contributed by atoms with Crippen LogP contribution in [0.3, 0.4) is 0 Å². The smallest absolute Gasteiger partial charge is 0.317 e. The first-order valence-corrected chi connectivity index (χ1v) is 7.08. The van der Waals surface area contributed by atoms with Gasteiger partial charge in [0, 0.05) is 20.2 Å². The van der Waals surface area contributed by atoms with E-state index in [-0.39, 0.29) is 12.1 Å². The summed E-state index contributed by atoms with van der Waals surface area (Å²) in [5, 5.41) is 3.04. The molecule has 1 N–H and O–H groups in total. The summed E-state index contributed by atoms with van der Waals surface area (Å²) < 4.78 is 10.6. The molecule has 0 aromatic rings. The van der Waals surface area contributed by atoms with E-state index in [1.54, 1.807) is 7.11 Å². The van der Waals surface area contributed by atoms with Crippen LogP contribution in [0.25, 0.3) is 0 Å². The normalized spacial score (nSPS) is 27.3. The van der Waals surface area contributed by atoms with Crippen molar-refractivity contribution in [2.45, 2.75) is 25.4 Å². The first kappa shape index (κ1) is 14.3. The standard InChI is InChI=1S/C14H24N2O3/c1-18-11-13-10-16(7-8-19-13)14(17)15-9-12-5-3-2-4-6-12/h2-3,12-13H,4-11H2,1H3,(H,15,17)/t12-,13+/m1/s1. The van der Waals surface area contributed by atoms with E-state index in [1.165, 1.54) is 6.42 Å². The lowest BCUT2D eigenvalue weighted by molar-refractivity contribution is -0.0494. The van der Waals surface area contributed by atoms with Crippen LogP contribution in [-0.2, 0) is 9.47 Å². The summed E-state index contributed by atoms with van der Waals surface area (Å²) in [5.41, 5.74) is 0. The Morgan fingerprint density at radius 1 is 1.53 bits per heavy atom. The van der Waals surface area contributed by atoms with Crippen LogP contribution in [0, 0.1) is 5.92 Å². The molecule has 19 heavy (non-hydrogen) atoms. The fraction of sp³-hybridized carbons (Fsp3) is 0.786. The molecular formula is C14H24N2O3. The largest absolute Gasteiger partial charge is 0.382 e. The first-order chi connectivity index (χ1) is 9.29. The minimum atomic E-state index is 0.00196. The molecule has 1 heterocycles. The van der Waals surface area contributed by atoms with E-state index in [4.69, 9.17) is 9.47 Å². The van der Waals surface area contributed by atoms with Crippen molar-refractivity contribution in [2.75, 3.05) is 40.0 Å². The van der Waals surface area contributed by atoms with Gasteiger partial charge in [-0.2, -0.15) is 0 Å². The number of morpholine rings is 1.